The molecule has 1 aliphatic rings. The molecule has 1 heterocycles. The maximum atomic E-state index is 10.8. The third kappa shape index (κ3) is 2.80. The van der Waals surface area contributed by atoms with Gasteiger partial charge < -0.3 is 9.47 Å². The highest BCUT2D eigenvalue weighted by atomic mass is 32.1. The molecule has 1 rings (SSSR count). The summed E-state index contributed by atoms with van der Waals surface area (Å²) in [4.78, 5) is 13.4. The zero-order chi connectivity index (χ0) is 10.6. The number of azide groups is 1. The Kier molecular flexibility index (Phi) is 4.06. The number of hydrogen-bond acceptors (Lipinski definition) is 5. The predicted octanol–water partition coefficient (Wildman–Crippen LogP) is 0.926. The standard InChI is InChI=1S/C7H11N3O3S/c1-4(11)13-7-5(9-10-8)2-12-3-6(7)14/h5-7,14H,2-3H2,1H3/t5-,6+,7+/m0/s1. The van der Waals surface area contributed by atoms with Gasteiger partial charge in [0.2, 0.25) is 0 Å². The van der Waals surface area contributed by atoms with Crippen LogP contribution in [-0.2, 0) is 14.3 Å². The van der Waals surface area contributed by atoms with Crippen LogP contribution in [0.3, 0.4) is 0 Å². The molecule has 0 saturated carbocycles. The van der Waals surface area contributed by atoms with E-state index < -0.39 is 18.1 Å². The van der Waals surface area contributed by atoms with Crippen molar-refractivity contribution in [2.45, 2.75) is 24.3 Å². The van der Waals surface area contributed by atoms with Gasteiger partial charge in [-0.25, -0.2) is 0 Å². The lowest BCUT2D eigenvalue weighted by molar-refractivity contribution is -0.151. The van der Waals surface area contributed by atoms with Crippen molar-refractivity contribution < 1.29 is 14.3 Å². The van der Waals surface area contributed by atoms with E-state index in [4.69, 9.17) is 15.0 Å². The first-order chi connectivity index (χ1) is 6.65. The minimum absolute atomic E-state index is 0.247. The molecule has 14 heavy (non-hydrogen) atoms. The third-order valence-electron chi connectivity index (χ3n) is 1.84. The smallest absolute Gasteiger partial charge is 0.302 e. The fraction of sp³-hybridized carbons (Fsp3) is 0.857. The lowest BCUT2D eigenvalue weighted by Gasteiger charge is -2.32. The molecule has 0 aliphatic carbocycles. The molecule has 6 nitrogen and oxygen atoms in total. The maximum Gasteiger partial charge on any atom is 0.302 e. The Hall–Kier alpha value is -0.910. The lowest BCUT2D eigenvalue weighted by Crippen LogP contribution is -2.46. The van der Waals surface area contributed by atoms with Gasteiger partial charge >= 0.3 is 5.97 Å². The number of carbonyl (C=O) groups is 1. The van der Waals surface area contributed by atoms with Crippen molar-refractivity contribution in [3.8, 4) is 0 Å². The molecule has 0 radical (unpaired) electrons. The number of carbonyl (C=O) groups excluding carboxylic acids is 1. The van der Waals surface area contributed by atoms with E-state index in [2.05, 4.69) is 22.7 Å². The van der Waals surface area contributed by atoms with E-state index in [0.29, 0.717) is 6.61 Å². The van der Waals surface area contributed by atoms with Crippen molar-refractivity contribution in [1.29, 1.82) is 0 Å². The fourth-order valence-corrected chi connectivity index (χ4v) is 1.63. The van der Waals surface area contributed by atoms with Crippen LogP contribution in [0.4, 0.5) is 0 Å². The number of hydrogen-bond donors (Lipinski definition) is 1. The molecule has 0 amide bonds. The molecule has 0 unspecified atom stereocenters. The molecular formula is C7H11N3O3S. The average Bonchev–Trinajstić information content (AvgIpc) is 2.11. The first kappa shape index (κ1) is 11.2. The molecule has 0 aromatic rings. The van der Waals surface area contributed by atoms with Crippen molar-refractivity contribution in [1.82, 2.24) is 0 Å². The number of nitrogens with zero attached hydrogens (tertiary/aromatic N) is 3. The van der Waals surface area contributed by atoms with Gasteiger partial charge in [0.25, 0.3) is 0 Å². The summed E-state index contributed by atoms with van der Waals surface area (Å²) in [6.45, 7) is 1.96. The summed E-state index contributed by atoms with van der Waals surface area (Å²) in [5.74, 6) is -0.408. The summed E-state index contributed by atoms with van der Waals surface area (Å²) >= 11 is 4.20. The van der Waals surface area contributed by atoms with Gasteiger partial charge in [-0.15, -0.1) is 0 Å². The Morgan fingerprint density at radius 2 is 2.43 bits per heavy atom. The lowest BCUT2D eigenvalue weighted by atomic mass is 10.1. The fourth-order valence-electron chi connectivity index (χ4n) is 1.27. The van der Waals surface area contributed by atoms with E-state index in [-0.39, 0.29) is 11.9 Å². The van der Waals surface area contributed by atoms with Gasteiger partial charge in [0.1, 0.15) is 6.10 Å². The normalized spacial score (nSPS) is 31.7. The summed E-state index contributed by atoms with van der Waals surface area (Å²) < 4.78 is 10.1. The van der Waals surface area contributed by atoms with E-state index in [1.165, 1.54) is 6.92 Å². The zero-order valence-electron chi connectivity index (χ0n) is 7.66. The second kappa shape index (κ2) is 5.09. The van der Waals surface area contributed by atoms with Crippen LogP contribution < -0.4 is 0 Å². The van der Waals surface area contributed by atoms with Crippen LogP contribution in [0.15, 0.2) is 5.11 Å². The second-order valence-electron chi connectivity index (χ2n) is 2.95. The molecule has 78 valence electrons. The Bertz CT molecular complexity index is 267. The molecule has 0 aromatic heterocycles. The first-order valence-electron chi connectivity index (χ1n) is 4.12. The highest BCUT2D eigenvalue weighted by Gasteiger charge is 2.34. The second-order valence-corrected chi connectivity index (χ2v) is 3.61. The topological polar surface area (TPSA) is 84.3 Å². The van der Waals surface area contributed by atoms with Crippen molar-refractivity contribution in [3.63, 3.8) is 0 Å². The Morgan fingerprint density at radius 1 is 1.71 bits per heavy atom. The van der Waals surface area contributed by atoms with Gasteiger partial charge in [0, 0.05) is 11.8 Å². The molecule has 0 spiro atoms. The molecule has 3 atom stereocenters. The Labute approximate surface area is 86.6 Å². The van der Waals surface area contributed by atoms with Gasteiger partial charge in [-0.1, -0.05) is 5.11 Å². The minimum atomic E-state index is -0.500. The highest BCUT2D eigenvalue weighted by molar-refractivity contribution is 7.81. The Morgan fingerprint density at radius 3 is 3.00 bits per heavy atom. The van der Waals surface area contributed by atoms with Crippen LogP contribution in [0.25, 0.3) is 10.4 Å². The Balaban J connectivity index is 2.69. The van der Waals surface area contributed by atoms with E-state index in [0.717, 1.165) is 0 Å². The van der Waals surface area contributed by atoms with Crippen LogP contribution in [0.5, 0.6) is 0 Å². The van der Waals surface area contributed by atoms with E-state index >= 15 is 0 Å². The van der Waals surface area contributed by atoms with Crippen LogP contribution in [-0.4, -0.2) is 36.6 Å². The first-order valence-corrected chi connectivity index (χ1v) is 4.64. The molecule has 1 fully saturated rings. The quantitative estimate of drug-likeness (QED) is 0.245. The number of thiol groups is 1. The summed E-state index contributed by atoms with van der Waals surface area (Å²) in [7, 11) is 0. The largest absolute Gasteiger partial charge is 0.461 e. The minimum Gasteiger partial charge on any atom is -0.461 e. The van der Waals surface area contributed by atoms with Crippen LogP contribution in [0, 0.1) is 0 Å². The van der Waals surface area contributed by atoms with Crippen molar-refractivity contribution in [3.05, 3.63) is 10.4 Å². The number of esters is 1. The van der Waals surface area contributed by atoms with Crippen molar-refractivity contribution in [2.24, 2.45) is 5.11 Å². The molecule has 1 saturated heterocycles. The van der Waals surface area contributed by atoms with Gasteiger partial charge in [-0.2, -0.15) is 12.6 Å². The monoisotopic (exact) mass is 217 g/mol. The van der Waals surface area contributed by atoms with Crippen molar-refractivity contribution in [2.75, 3.05) is 13.2 Å². The van der Waals surface area contributed by atoms with Gasteiger partial charge in [-0.3, -0.25) is 4.79 Å². The van der Waals surface area contributed by atoms with Crippen LogP contribution >= 0.6 is 12.6 Å². The van der Waals surface area contributed by atoms with Gasteiger partial charge in [-0.05, 0) is 5.53 Å². The molecule has 0 aromatic carbocycles. The average molecular weight is 217 g/mol. The maximum absolute atomic E-state index is 10.8. The molecule has 7 heteroatoms. The van der Waals surface area contributed by atoms with Crippen molar-refractivity contribution >= 4 is 18.6 Å². The third-order valence-corrected chi connectivity index (χ3v) is 2.28. The molecule has 1 aliphatic heterocycles. The summed E-state index contributed by atoms with van der Waals surface area (Å²) in [5, 5.41) is 3.25. The van der Waals surface area contributed by atoms with Crippen LogP contribution in [0.2, 0.25) is 0 Å². The van der Waals surface area contributed by atoms with E-state index in [1.54, 1.807) is 0 Å². The predicted molar refractivity (Wildman–Crippen MR) is 52.1 cm³/mol. The summed E-state index contributed by atoms with van der Waals surface area (Å²) in [6, 6.07) is -0.486. The van der Waals surface area contributed by atoms with E-state index in [1.807, 2.05) is 0 Å². The van der Waals surface area contributed by atoms with E-state index in [9.17, 15) is 4.79 Å². The molecular weight excluding hydrogens is 206 g/mol. The highest BCUT2D eigenvalue weighted by Crippen LogP contribution is 2.20. The SMILES string of the molecule is CC(=O)O[C@H]1[C@H](S)COC[C@@H]1N=[N+]=[N-]. The van der Waals surface area contributed by atoms with Gasteiger partial charge in [0.15, 0.2) is 0 Å². The molecule has 0 bridgehead atoms. The number of rotatable bonds is 2. The molecule has 0 N–H and O–H groups in total. The van der Waals surface area contributed by atoms with Crippen LogP contribution in [0.1, 0.15) is 6.92 Å². The summed E-state index contributed by atoms with van der Waals surface area (Å²) in [5.41, 5.74) is 8.29. The summed E-state index contributed by atoms with van der Waals surface area (Å²) in [6.07, 6.45) is -0.500. The zero-order valence-corrected chi connectivity index (χ0v) is 8.55. The number of ether oxygens (including phenoxy) is 2. The van der Waals surface area contributed by atoms with Gasteiger partial charge in [0.05, 0.1) is 24.5 Å².